The number of amides is 2. The standard InChI is InChI=1S/C25H25Cl2F5N6O4/c26-15-6-1-11(8-33-18(40)9-39)19(27)20(15)36-24-35-16-7-14(23(37-21(16)38-24)42-10-17(28)29)22(41)34-13-4-2-12(3-5-13)25(30,31)32/h1,6-7,12-13,17,39H,2-5,8-10H2,(H,33,40)(H,34,41)(H2,35,36,37,38)/t12-,13-. The van der Waals surface area contributed by atoms with Crippen molar-refractivity contribution in [3.8, 4) is 5.88 Å². The molecule has 2 amide bonds. The van der Waals surface area contributed by atoms with Crippen LogP contribution in [0.25, 0.3) is 11.2 Å². The number of aromatic amines is 1. The molecule has 228 valence electrons. The molecule has 42 heavy (non-hydrogen) atoms. The normalized spacial score (nSPS) is 17.4. The number of alkyl halides is 5. The minimum absolute atomic E-state index is 0.00702. The van der Waals surface area contributed by atoms with Crippen molar-refractivity contribution in [3.63, 3.8) is 0 Å². The minimum atomic E-state index is -4.31. The first kappa shape index (κ1) is 31.5. The molecule has 10 nitrogen and oxygen atoms in total. The Kier molecular flexibility index (Phi) is 9.94. The van der Waals surface area contributed by atoms with E-state index in [0.29, 0.717) is 5.56 Å². The van der Waals surface area contributed by atoms with Gasteiger partial charge in [-0.25, -0.2) is 8.78 Å². The number of imidazole rings is 1. The number of aliphatic hydroxyl groups excluding tert-OH is 1. The molecule has 3 aromatic rings. The molecule has 0 spiro atoms. The van der Waals surface area contributed by atoms with Gasteiger partial charge in [0.1, 0.15) is 12.2 Å². The van der Waals surface area contributed by atoms with Crippen LogP contribution in [0.1, 0.15) is 41.6 Å². The topological polar surface area (TPSA) is 141 Å². The first-order valence-electron chi connectivity index (χ1n) is 12.7. The number of rotatable bonds is 10. The van der Waals surface area contributed by atoms with E-state index in [1.165, 1.54) is 12.1 Å². The lowest BCUT2D eigenvalue weighted by Gasteiger charge is -2.30. The summed E-state index contributed by atoms with van der Waals surface area (Å²) in [7, 11) is 0. The van der Waals surface area contributed by atoms with Crippen LogP contribution < -0.4 is 20.7 Å². The van der Waals surface area contributed by atoms with Crippen LogP contribution in [0, 0.1) is 5.92 Å². The molecule has 0 unspecified atom stereocenters. The van der Waals surface area contributed by atoms with Gasteiger partial charge in [-0.1, -0.05) is 29.3 Å². The molecule has 1 aromatic carbocycles. The van der Waals surface area contributed by atoms with E-state index in [9.17, 15) is 31.5 Å². The molecule has 0 saturated heterocycles. The summed E-state index contributed by atoms with van der Waals surface area (Å²) < 4.78 is 69.9. The van der Waals surface area contributed by atoms with Crippen molar-refractivity contribution >= 4 is 57.8 Å². The number of pyridine rings is 1. The molecule has 0 bridgehead atoms. The van der Waals surface area contributed by atoms with Gasteiger partial charge in [-0.05, 0) is 43.4 Å². The second-order valence-corrected chi connectivity index (χ2v) is 10.3. The SMILES string of the molecule is O=C(CO)NCc1ccc(Cl)c(Nc2nc3nc(OCC(F)F)c(C(=O)N[C@H]4CC[C@H](C(F)(F)F)CC4)cc3[nH]2)c1Cl. The Bertz CT molecular complexity index is 1450. The van der Waals surface area contributed by atoms with Gasteiger partial charge in [-0.2, -0.15) is 23.1 Å². The molecular formula is C25H25Cl2F5N6O4. The lowest BCUT2D eigenvalue weighted by molar-refractivity contribution is -0.182. The molecule has 2 heterocycles. The van der Waals surface area contributed by atoms with Crippen molar-refractivity contribution in [1.29, 1.82) is 0 Å². The number of anilines is 2. The molecule has 1 fully saturated rings. The molecule has 2 aromatic heterocycles. The van der Waals surface area contributed by atoms with Gasteiger partial charge in [-0.15, -0.1) is 0 Å². The molecule has 4 rings (SSSR count). The first-order valence-corrected chi connectivity index (χ1v) is 13.4. The fraction of sp³-hybridized carbons (Fsp3) is 0.440. The largest absolute Gasteiger partial charge is 0.471 e. The number of carbonyl (C=O) groups excluding carboxylic acids is 2. The predicted octanol–water partition coefficient (Wildman–Crippen LogP) is 5.11. The van der Waals surface area contributed by atoms with Crippen molar-refractivity contribution in [2.24, 2.45) is 5.92 Å². The zero-order valence-electron chi connectivity index (χ0n) is 21.6. The van der Waals surface area contributed by atoms with Crippen molar-refractivity contribution in [1.82, 2.24) is 25.6 Å². The van der Waals surface area contributed by atoms with Gasteiger partial charge in [0.25, 0.3) is 12.3 Å². The fourth-order valence-electron chi connectivity index (χ4n) is 4.44. The van der Waals surface area contributed by atoms with Gasteiger partial charge in [0, 0.05) is 12.6 Å². The van der Waals surface area contributed by atoms with E-state index in [-0.39, 0.29) is 70.6 Å². The lowest BCUT2D eigenvalue weighted by atomic mass is 9.85. The zero-order chi connectivity index (χ0) is 30.6. The number of benzene rings is 1. The maximum atomic E-state index is 13.1. The number of H-pyrrole nitrogens is 1. The first-order chi connectivity index (χ1) is 19.8. The minimum Gasteiger partial charge on any atom is -0.471 e. The van der Waals surface area contributed by atoms with Crippen LogP contribution in [-0.2, 0) is 11.3 Å². The smallest absolute Gasteiger partial charge is 0.391 e. The predicted molar refractivity (Wildman–Crippen MR) is 143 cm³/mol. The van der Waals surface area contributed by atoms with Crippen LogP contribution in [0.15, 0.2) is 18.2 Å². The molecule has 0 aliphatic heterocycles. The van der Waals surface area contributed by atoms with Gasteiger partial charge in [0.2, 0.25) is 17.7 Å². The summed E-state index contributed by atoms with van der Waals surface area (Å²) >= 11 is 12.7. The third-order valence-electron chi connectivity index (χ3n) is 6.59. The van der Waals surface area contributed by atoms with Crippen LogP contribution in [0.5, 0.6) is 5.88 Å². The molecule has 17 heteroatoms. The number of ether oxygens (including phenoxy) is 1. The van der Waals surface area contributed by atoms with E-state index in [4.69, 9.17) is 33.0 Å². The Morgan fingerprint density at radius 1 is 1.14 bits per heavy atom. The van der Waals surface area contributed by atoms with Crippen LogP contribution in [0.3, 0.4) is 0 Å². The molecule has 1 saturated carbocycles. The summed E-state index contributed by atoms with van der Waals surface area (Å²) in [6, 6.07) is 3.81. The number of halogens is 7. The Morgan fingerprint density at radius 2 is 1.86 bits per heavy atom. The maximum absolute atomic E-state index is 13.1. The number of nitrogens with zero attached hydrogens (tertiary/aromatic N) is 2. The van der Waals surface area contributed by atoms with E-state index >= 15 is 0 Å². The highest BCUT2D eigenvalue weighted by Gasteiger charge is 2.41. The van der Waals surface area contributed by atoms with E-state index in [1.807, 2.05) is 0 Å². The van der Waals surface area contributed by atoms with E-state index in [1.54, 1.807) is 6.07 Å². The number of carbonyl (C=O) groups is 2. The van der Waals surface area contributed by atoms with Crippen LogP contribution in [-0.4, -0.2) is 63.7 Å². The lowest BCUT2D eigenvalue weighted by Crippen LogP contribution is -2.40. The highest BCUT2D eigenvalue weighted by atomic mass is 35.5. The number of hydrogen-bond acceptors (Lipinski definition) is 7. The molecule has 0 radical (unpaired) electrons. The highest BCUT2D eigenvalue weighted by molar-refractivity contribution is 6.39. The summed E-state index contributed by atoms with van der Waals surface area (Å²) in [6.45, 7) is -1.77. The van der Waals surface area contributed by atoms with E-state index < -0.39 is 55.5 Å². The monoisotopic (exact) mass is 638 g/mol. The second-order valence-electron chi connectivity index (χ2n) is 9.52. The summed E-state index contributed by atoms with van der Waals surface area (Å²) in [5.41, 5.74) is 0.642. The van der Waals surface area contributed by atoms with Crippen molar-refractivity contribution in [2.45, 2.75) is 50.9 Å². The number of aliphatic hydroxyl groups is 1. The molecule has 1 aliphatic rings. The van der Waals surface area contributed by atoms with Gasteiger partial charge >= 0.3 is 6.18 Å². The summed E-state index contributed by atoms with van der Waals surface area (Å²) in [6.07, 6.45) is -7.27. The van der Waals surface area contributed by atoms with Crippen LogP contribution in [0.4, 0.5) is 33.6 Å². The summed E-state index contributed by atoms with van der Waals surface area (Å²) in [5.74, 6) is -3.18. The number of aromatic nitrogens is 3. The summed E-state index contributed by atoms with van der Waals surface area (Å²) in [5, 5.41) is 17.2. The zero-order valence-corrected chi connectivity index (χ0v) is 23.1. The van der Waals surface area contributed by atoms with Gasteiger partial charge in [0.05, 0.1) is 27.2 Å². The fourth-order valence-corrected chi connectivity index (χ4v) is 4.97. The third kappa shape index (κ3) is 7.69. The Morgan fingerprint density at radius 3 is 2.50 bits per heavy atom. The number of fused-ring (bicyclic) bond motifs is 1. The Balaban J connectivity index is 1.57. The van der Waals surface area contributed by atoms with Gasteiger partial charge in [0.15, 0.2) is 12.3 Å². The molecular weight excluding hydrogens is 614 g/mol. The van der Waals surface area contributed by atoms with Crippen molar-refractivity contribution in [2.75, 3.05) is 18.5 Å². The van der Waals surface area contributed by atoms with E-state index in [2.05, 4.69) is 30.9 Å². The van der Waals surface area contributed by atoms with Crippen molar-refractivity contribution in [3.05, 3.63) is 39.4 Å². The molecule has 0 atom stereocenters. The Labute approximate surface area is 245 Å². The van der Waals surface area contributed by atoms with Gasteiger partial charge in [-0.3, -0.25) is 9.59 Å². The van der Waals surface area contributed by atoms with E-state index in [0.717, 1.165) is 0 Å². The average Bonchev–Trinajstić information content (AvgIpc) is 3.34. The second kappa shape index (κ2) is 13.3. The van der Waals surface area contributed by atoms with Crippen molar-refractivity contribution < 1.29 is 41.4 Å². The summed E-state index contributed by atoms with van der Waals surface area (Å²) in [4.78, 5) is 35.7. The maximum Gasteiger partial charge on any atom is 0.391 e. The molecule has 5 N–H and O–H groups in total. The van der Waals surface area contributed by atoms with Crippen LogP contribution in [0.2, 0.25) is 10.0 Å². The molecule has 1 aliphatic carbocycles. The quantitative estimate of drug-likeness (QED) is 0.194. The third-order valence-corrected chi connectivity index (χ3v) is 7.33. The number of nitrogens with one attached hydrogen (secondary N) is 4. The van der Waals surface area contributed by atoms with Crippen LogP contribution >= 0.6 is 23.2 Å². The average molecular weight is 639 g/mol. The number of hydrogen-bond donors (Lipinski definition) is 5. The van der Waals surface area contributed by atoms with Gasteiger partial charge < -0.3 is 30.8 Å². The highest BCUT2D eigenvalue weighted by Crippen LogP contribution is 2.38. The Hall–Kier alpha value is -3.43.